The van der Waals surface area contributed by atoms with Gasteiger partial charge in [0.2, 0.25) is 0 Å². The molecule has 0 aromatic heterocycles. The average molecular weight is 650 g/mol. The molecule has 1 aliphatic carbocycles. The summed E-state index contributed by atoms with van der Waals surface area (Å²) in [6.45, 7) is 6.37. The quantitative estimate of drug-likeness (QED) is 0.183. The van der Waals surface area contributed by atoms with Gasteiger partial charge in [0.15, 0.2) is 0 Å². The van der Waals surface area contributed by atoms with Crippen LogP contribution >= 0.6 is 11.6 Å². The zero-order valence-electron chi connectivity index (χ0n) is 27.5. The second kappa shape index (κ2) is 14.5. The van der Waals surface area contributed by atoms with Crippen molar-refractivity contribution in [2.24, 2.45) is 0 Å². The minimum atomic E-state index is -0.718. The summed E-state index contributed by atoms with van der Waals surface area (Å²) in [6.07, 6.45) is 19.0. The number of benzene rings is 3. The smallest absolute Gasteiger partial charge is 0.303 e. The summed E-state index contributed by atoms with van der Waals surface area (Å²) in [7, 11) is 0. The predicted octanol–water partition coefficient (Wildman–Crippen LogP) is 8.23. The van der Waals surface area contributed by atoms with Gasteiger partial charge in [0.25, 0.3) is 0 Å². The summed E-state index contributed by atoms with van der Waals surface area (Å²) in [6, 6.07) is 21.8. The standard InChI is InChI=1S/C41H45ClN2O3/c1-41(2)37(44(25-9-3-4-17-38(46)47)36-22-20-29-11-5-6-15-34(29)39(36)41)23-21-32-13-10-12-31(40(32)42)19-18-30-24-26-43(27-28-45)35-16-8-7-14-33(30)35/h5-8,11,14-16,18-24,26,37,45H,3-4,9-10,12-13,17,25,27-28H2,1-2H3,(H,46,47)/p+1/b23-21+,30-18-,31-19+. The molecule has 2 heterocycles. The van der Waals surface area contributed by atoms with E-state index in [1.807, 2.05) is 12.3 Å². The first-order valence-electron chi connectivity index (χ1n) is 17.0. The van der Waals surface area contributed by atoms with Crippen LogP contribution in [0.4, 0.5) is 11.4 Å². The zero-order valence-corrected chi connectivity index (χ0v) is 28.3. The van der Waals surface area contributed by atoms with Crippen LogP contribution in [-0.4, -0.2) is 41.9 Å². The van der Waals surface area contributed by atoms with Crippen LogP contribution < -0.4 is 9.80 Å². The Morgan fingerprint density at radius 2 is 1.83 bits per heavy atom. The topological polar surface area (TPSA) is 65.2 Å². The van der Waals surface area contributed by atoms with Crippen molar-refractivity contribution in [1.82, 2.24) is 0 Å². The third kappa shape index (κ3) is 6.89. The first-order chi connectivity index (χ1) is 22.8. The number of hydrogen-bond acceptors (Lipinski definition) is 3. The van der Waals surface area contributed by atoms with Crippen LogP contribution in [0.25, 0.3) is 16.3 Å². The highest BCUT2D eigenvalue weighted by Crippen LogP contribution is 2.42. The molecule has 0 saturated carbocycles. The molecule has 5 nitrogen and oxygen atoms in total. The zero-order chi connectivity index (χ0) is 33.0. The number of nitrogens with zero attached hydrogens (tertiary/aromatic N) is 1. The SMILES string of the molecule is CC1(C)c2c(ccc3ccccc23)[NH+](CCCCCC(=O)O)C1/C=C/C1=C(Cl)C(=C/C=C2/C=CN(CCO)c3ccccc32)/CCC1. The second-order valence-electron chi connectivity index (χ2n) is 13.5. The second-order valence-corrected chi connectivity index (χ2v) is 13.9. The van der Waals surface area contributed by atoms with Crippen molar-refractivity contribution in [3.8, 4) is 0 Å². The Kier molecular flexibility index (Phi) is 10.2. The van der Waals surface area contributed by atoms with E-state index in [4.69, 9.17) is 16.7 Å². The summed E-state index contributed by atoms with van der Waals surface area (Å²) in [5.41, 5.74) is 8.41. The minimum Gasteiger partial charge on any atom is -0.481 e. The molecule has 0 fully saturated rings. The molecule has 2 aliphatic heterocycles. The van der Waals surface area contributed by atoms with E-state index in [-0.39, 0.29) is 24.5 Å². The van der Waals surface area contributed by atoms with Crippen LogP contribution in [-0.2, 0) is 10.2 Å². The molecule has 3 aliphatic rings. The summed E-state index contributed by atoms with van der Waals surface area (Å²) in [4.78, 5) is 14.6. The number of hydrogen-bond donors (Lipinski definition) is 3. The fraction of sp³-hybridized carbons (Fsp3) is 0.341. The highest BCUT2D eigenvalue weighted by molar-refractivity contribution is 6.32. The molecule has 0 bridgehead atoms. The molecule has 3 N–H and O–H groups in total. The Hall–Kier alpha value is -3.90. The lowest BCUT2D eigenvalue weighted by molar-refractivity contribution is -0.850. The van der Waals surface area contributed by atoms with Crippen LogP contribution in [0.1, 0.15) is 69.9 Å². The van der Waals surface area contributed by atoms with Gasteiger partial charge >= 0.3 is 5.97 Å². The number of carboxylic acid groups (broad SMARTS) is 1. The number of fused-ring (bicyclic) bond motifs is 4. The summed E-state index contributed by atoms with van der Waals surface area (Å²) in [5, 5.41) is 22.1. The highest BCUT2D eigenvalue weighted by atomic mass is 35.5. The molecule has 3 aromatic carbocycles. The molecule has 244 valence electrons. The van der Waals surface area contributed by atoms with Gasteiger partial charge in [-0.3, -0.25) is 9.69 Å². The van der Waals surface area contributed by atoms with Crippen molar-refractivity contribution in [2.75, 3.05) is 24.6 Å². The Bertz CT molecular complexity index is 1800. The minimum absolute atomic E-state index is 0.0987. The van der Waals surface area contributed by atoms with Crippen LogP contribution in [0.5, 0.6) is 0 Å². The lowest BCUT2D eigenvalue weighted by Gasteiger charge is -2.28. The number of carboxylic acids is 1. The number of anilines is 1. The van der Waals surface area contributed by atoms with Crippen LogP contribution in [0.3, 0.4) is 0 Å². The van der Waals surface area contributed by atoms with Gasteiger partial charge < -0.3 is 15.1 Å². The summed E-state index contributed by atoms with van der Waals surface area (Å²) in [5.74, 6) is -0.718. The van der Waals surface area contributed by atoms with E-state index < -0.39 is 5.97 Å². The Labute approximate surface area is 283 Å². The molecule has 6 heteroatoms. The Morgan fingerprint density at radius 1 is 1.02 bits per heavy atom. The molecule has 0 radical (unpaired) electrons. The molecular formula is C41H46ClN2O3+. The van der Waals surface area contributed by atoms with Gasteiger partial charge in [0.1, 0.15) is 11.7 Å². The third-order valence-electron chi connectivity index (χ3n) is 10.1. The number of carbonyl (C=O) groups is 1. The first kappa shape index (κ1) is 33.0. The number of halogens is 1. The maximum absolute atomic E-state index is 11.1. The van der Waals surface area contributed by atoms with Gasteiger partial charge in [-0.05, 0) is 104 Å². The fourth-order valence-electron chi connectivity index (χ4n) is 7.77. The van der Waals surface area contributed by atoms with Crippen LogP contribution in [0.2, 0.25) is 0 Å². The maximum Gasteiger partial charge on any atom is 0.303 e. The van der Waals surface area contributed by atoms with E-state index in [9.17, 15) is 9.90 Å². The van der Waals surface area contributed by atoms with Crippen molar-refractivity contribution in [2.45, 2.75) is 70.3 Å². The Morgan fingerprint density at radius 3 is 2.66 bits per heavy atom. The number of aliphatic hydroxyl groups is 1. The van der Waals surface area contributed by atoms with Gasteiger partial charge in [0, 0.05) is 47.1 Å². The monoisotopic (exact) mass is 649 g/mol. The number of rotatable bonds is 11. The molecule has 3 aromatic rings. The third-order valence-corrected chi connectivity index (χ3v) is 10.6. The van der Waals surface area contributed by atoms with Crippen molar-refractivity contribution >= 4 is 45.3 Å². The number of quaternary nitrogens is 1. The highest BCUT2D eigenvalue weighted by Gasteiger charge is 2.48. The molecule has 2 unspecified atom stereocenters. The van der Waals surface area contributed by atoms with Gasteiger partial charge in [-0.15, -0.1) is 0 Å². The van der Waals surface area contributed by atoms with Gasteiger partial charge in [-0.1, -0.05) is 72.3 Å². The normalized spacial score (nSPS) is 22.1. The van der Waals surface area contributed by atoms with Crippen LogP contribution in [0, 0.1) is 0 Å². The number of unbranched alkanes of at least 4 members (excludes halogenated alkanes) is 2. The molecule has 47 heavy (non-hydrogen) atoms. The molecule has 0 spiro atoms. The molecule has 0 amide bonds. The molecular weight excluding hydrogens is 604 g/mol. The fourth-order valence-corrected chi connectivity index (χ4v) is 8.09. The van der Waals surface area contributed by atoms with E-state index in [1.165, 1.54) is 32.5 Å². The lowest BCUT2D eigenvalue weighted by atomic mass is 9.78. The van der Waals surface area contributed by atoms with Crippen LogP contribution in [0.15, 0.2) is 113 Å². The van der Waals surface area contributed by atoms with E-state index in [2.05, 4.69) is 104 Å². The molecule has 2 atom stereocenters. The van der Waals surface area contributed by atoms with E-state index in [0.29, 0.717) is 13.0 Å². The maximum atomic E-state index is 11.1. The first-order valence-corrected chi connectivity index (χ1v) is 17.4. The van der Waals surface area contributed by atoms with Gasteiger partial charge in [-0.2, -0.15) is 0 Å². The largest absolute Gasteiger partial charge is 0.481 e. The van der Waals surface area contributed by atoms with Crippen molar-refractivity contribution in [3.63, 3.8) is 0 Å². The van der Waals surface area contributed by atoms with Crippen molar-refractivity contribution < 1.29 is 19.9 Å². The Balaban J connectivity index is 1.29. The predicted molar refractivity (Wildman–Crippen MR) is 194 cm³/mol. The van der Waals surface area contributed by atoms with Crippen molar-refractivity contribution in [3.05, 3.63) is 125 Å². The number of β-amino-alcohol motifs (C(OH)–C–C–N with tert-alkyl or cyclic N) is 1. The van der Waals surface area contributed by atoms with E-state index >= 15 is 0 Å². The summed E-state index contributed by atoms with van der Waals surface area (Å²) >= 11 is 7.16. The number of para-hydroxylation sites is 1. The lowest BCUT2D eigenvalue weighted by Crippen LogP contribution is -3.10. The average Bonchev–Trinajstić information content (AvgIpc) is 3.29. The van der Waals surface area contributed by atoms with Gasteiger partial charge in [-0.25, -0.2) is 0 Å². The summed E-state index contributed by atoms with van der Waals surface area (Å²) < 4.78 is 0. The number of allylic oxidation sites excluding steroid dienone is 8. The number of aliphatic hydroxyl groups excluding tert-OH is 1. The molecule has 0 saturated heterocycles. The molecule has 6 rings (SSSR count). The van der Waals surface area contributed by atoms with E-state index in [1.54, 1.807) is 0 Å². The number of nitrogens with one attached hydrogen (secondary N) is 1. The van der Waals surface area contributed by atoms with Gasteiger partial charge in [0.05, 0.1) is 18.6 Å². The number of aliphatic carboxylic acids is 1. The van der Waals surface area contributed by atoms with E-state index in [0.717, 1.165) is 66.1 Å². The van der Waals surface area contributed by atoms with Crippen molar-refractivity contribution in [1.29, 1.82) is 0 Å².